The van der Waals surface area contributed by atoms with E-state index in [-0.39, 0.29) is 22.7 Å². The highest BCUT2D eigenvalue weighted by molar-refractivity contribution is 7.92. The molecule has 3 aromatic rings. The lowest BCUT2D eigenvalue weighted by atomic mass is 10.1. The quantitative estimate of drug-likeness (QED) is 0.572. The van der Waals surface area contributed by atoms with Gasteiger partial charge in [0, 0.05) is 17.8 Å². The zero-order valence-corrected chi connectivity index (χ0v) is 17.2. The molecule has 0 atom stereocenters. The van der Waals surface area contributed by atoms with Crippen LogP contribution in [0.3, 0.4) is 0 Å². The maximum atomic E-state index is 12.8. The van der Waals surface area contributed by atoms with Crippen LogP contribution in [0.5, 0.6) is 0 Å². The van der Waals surface area contributed by atoms with Gasteiger partial charge >= 0.3 is 6.18 Å². The van der Waals surface area contributed by atoms with Gasteiger partial charge in [-0.1, -0.05) is 35.9 Å². The Morgan fingerprint density at radius 2 is 1.61 bits per heavy atom. The molecule has 0 radical (unpaired) electrons. The van der Waals surface area contributed by atoms with Crippen molar-refractivity contribution in [1.29, 1.82) is 0 Å². The van der Waals surface area contributed by atoms with E-state index in [1.165, 1.54) is 48.5 Å². The molecule has 31 heavy (non-hydrogen) atoms. The van der Waals surface area contributed by atoms with Crippen LogP contribution >= 0.6 is 0 Å². The Kier molecular flexibility index (Phi) is 6.35. The molecule has 0 saturated carbocycles. The minimum absolute atomic E-state index is 0.0810. The summed E-state index contributed by atoms with van der Waals surface area (Å²) in [4.78, 5) is 12.5. The normalized spacial score (nSPS) is 11.7. The third kappa shape index (κ3) is 5.85. The van der Waals surface area contributed by atoms with Gasteiger partial charge in [-0.15, -0.1) is 0 Å². The molecule has 0 unspecified atom stereocenters. The molecule has 0 fully saturated rings. The van der Waals surface area contributed by atoms with Crippen molar-refractivity contribution < 1.29 is 26.4 Å². The number of nitrogens with one attached hydrogen (secondary N) is 2. The third-order valence-corrected chi connectivity index (χ3v) is 5.81. The molecule has 0 aromatic heterocycles. The minimum Gasteiger partial charge on any atom is -0.348 e. The van der Waals surface area contributed by atoms with Crippen molar-refractivity contribution >= 4 is 21.6 Å². The van der Waals surface area contributed by atoms with Crippen LogP contribution in [0.4, 0.5) is 18.9 Å². The summed E-state index contributed by atoms with van der Waals surface area (Å²) >= 11 is 0. The van der Waals surface area contributed by atoms with Crippen molar-refractivity contribution in [3.05, 3.63) is 95.1 Å². The van der Waals surface area contributed by atoms with Gasteiger partial charge in [-0.05, 0) is 55.0 Å². The summed E-state index contributed by atoms with van der Waals surface area (Å²) in [7, 11) is -3.83. The number of halogens is 3. The van der Waals surface area contributed by atoms with Crippen molar-refractivity contribution in [1.82, 2.24) is 5.32 Å². The summed E-state index contributed by atoms with van der Waals surface area (Å²) in [5.74, 6) is -0.547. The number of amides is 1. The molecule has 5 nitrogen and oxygen atoms in total. The average molecular weight is 448 g/mol. The Balaban J connectivity index is 1.70. The maximum Gasteiger partial charge on any atom is 0.416 e. The lowest BCUT2D eigenvalue weighted by Gasteiger charge is -2.11. The fourth-order valence-electron chi connectivity index (χ4n) is 2.80. The van der Waals surface area contributed by atoms with Crippen molar-refractivity contribution in [3.63, 3.8) is 0 Å². The lowest BCUT2D eigenvalue weighted by Crippen LogP contribution is -2.23. The summed E-state index contributed by atoms with van der Waals surface area (Å²) in [5.41, 5.74) is 0.757. The van der Waals surface area contributed by atoms with Gasteiger partial charge in [0.1, 0.15) is 0 Å². The first-order valence-corrected chi connectivity index (χ1v) is 10.7. The minimum atomic E-state index is -4.47. The fourth-order valence-corrected chi connectivity index (χ4v) is 3.85. The number of carbonyl (C=O) groups is 1. The molecule has 3 rings (SSSR count). The summed E-state index contributed by atoms with van der Waals surface area (Å²) < 4.78 is 65.9. The fraction of sp³-hybridized carbons (Fsp3) is 0.136. The predicted molar refractivity (Wildman–Crippen MR) is 111 cm³/mol. The Morgan fingerprint density at radius 1 is 0.935 bits per heavy atom. The van der Waals surface area contributed by atoms with Crippen LogP contribution in [-0.4, -0.2) is 14.3 Å². The summed E-state index contributed by atoms with van der Waals surface area (Å²) in [6.07, 6.45) is -4.47. The number of alkyl halides is 3. The molecule has 0 aliphatic heterocycles. The first kappa shape index (κ1) is 22.4. The molecular weight excluding hydrogens is 429 g/mol. The monoisotopic (exact) mass is 448 g/mol. The SMILES string of the molecule is Cc1ccc(S(=O)(=O)Nc2cccc(C(=O)NCc3cccc(C(F)(F)F)c3)c2)cc1. The number of sulfonamides is 1. The molecular formula is C22H19F3N2O3S. The Labute approximate surface area is 178 Å². The summed E-state index contributed by atoms with van der Waals surface area (Å²) in [6.45, 7) is 1.73. The summed E-state index contributed by atoms with van der Waals surface area (Å²) in [5, 5.41) is 2.54. The van der Waals surface area contributed by atoms with Crippen molar-refractivity contribution in [3.8, 4) is 0 Å². The van der Waals surface area contributed by atoms with Crippen molar-refractivity contribution in [2.24, 2.45) is 0 Å². The zero-order valence-electron chi connectivity index (χ0n) is 16.4. The predicted octanol–water partition coefficient (Wildman–Crippen LogP) is 4.74. The van der Waals surface area contributed by atoms with Gasteiger partial charge in [0.05, 0.1) is 10.5 Å². The molecule has 1 amide bonds. The number of hydrogen-bond acceptors (Lipinski definition) is 3. The van der Waals surface area contributed by atoms with E-state index >= 15 is 0 Å². The van der Waals surface area contributed by atoms with Crippen molar-refractivity contribution in [2.75, 3.05) is 4.72 Å². The standard InChI is InChI=1S/C22H19F3N2O3S/c1-15-8-10-20(11-9-15)31(29,30)27-19-7-3-5-17(13-19)21(28)26-14-16-4-2-6-18(12-16)22(23,24)25/h2-13,27H,14H2,1H3,(H,26,28). The Hall–Kier alpha value is -3.33. The first-order chi connectivity index (χ1) is 14.5. The second kappa shape index (κ2) is 8.81. The zero-order chi connectivity index (χ0) is 22.6. The molecule has 0 aliphatic carbocycles. The van der Waals surface area contributed by atoms with Crippen LogP contribution < -0.4 is 10.0 Å². The van der Waals surface area contributed by atoms with Gasteiger partial charge in [-0.2, -0.15) is 13.2 Å². The van der Waals surface area contributed by atoms with Crippen LogP contribution in [0, 0.1) is 6.92 Å². The number of anilines is 1. The van der Waals surface area contributed by atoms with E-state index in [1.54, 1.807) is 12.1 Å². The van der Waals surface area contributed by atoms with Gasteiger partial charge in [0.15, 0.2) is 0 Å². The van der Waals surface area contributed by atoms with Gasteiger partial charge < -0.3 is 5.32 Å². The topological polar surface area (TPSA) is 75.3 Å². The van der Waals surface area contributed by atoms with Crippen LogP contribution in [0.15, 0.2) is 77.7 Å². The highest BCUT2D eigenvalue weighted by Gasteiger charge is 2.30. The van der Waals surface area contributed by atoms with Crippen LogP contribution in [0.1, 0.15) is 27.0 Å². The smallest absolute Gasteiger partial charge is 0.348 e. The molecule has 0 bridgehead atoms. The van der Waals surface area contributed by atoms with E-state index in [0.717, 1.165) is 17.7 Å². The van der Waals surface area contributed by atoms with Crippen molar-refractivity contribution in [2.45, 2.75) is 24.5 Å². The number of hydrogen-bond donors (Lipinski definition) is 2. The van der Waals surface area contributed by atoms with Gasteiger partial charge in [-0.3, -0.25) is 9.52 Å². The van der Waals surface area contributed by atoms with E-state index < -0.39 is 27.7 Å². The van der Waals surface area contributed by atoms with E-state index in [2.05, 4.69) is 10.0 Å². The molecule has 0 spiro atoms. The van der Waals surface area contributed by atoms with Gasteiger partial charge in [-0.25, -0.2) is 8.42 Å². The Morgan fingerprint density at radius 3 is 2.29 bits per heavy atom. The molecule has 9 heteroatoms. The molecule has 0 heterocycles. The number of benzene rings is 3. The second-order valence-corrected chi connectivity index (χ2v) is 8.56. The van der Waals surface area contributed by atoms with Gasteiger partial charge in [0.2, 0.25) is 0 Å². The highest BCUT2D eigenvalue weighted by Crippen LogP contribution is 2.29. The number of carbonyl (C=O) groups excluding carboxylic acids is 1. The van der Waals surface area contributed by atoms with Crippen LogP contribution in [0.25, 0.3) is 0 Å². The Bertz CT molecular complexity index is 1190. The van der Waals surface area contributed by atoms with E-state index in [9.17, 15) is 26.4 Å². The molecule has 2 N–H and O–H groups in total. The summed E-state index contributed by atoms with van der Waals surface area (Å²) in [6, 6.07) is 16.8. The van der Waals surface area contributed by atoms with E-state index in [4.69, 9.17) is 0 Å². The van der Waals surface area contributed by atoms with Gasteiger partial charge in [0.25, 0.3) is 15.9 Å². The maximum absolute atomic E-state index is 12.8. The second-order valence-electron chi connectivity index (χ2n) is 6.88. The number of rotatable bonds is 6. The van der Waals surface area contributed by atoms with E-state index in [0.29, 0.717) is 5.56 Å². The highest BCUT2D eigenvalue weighted by atomic mass is 32.2. The molecule has 0 aliphatic rings. The first-order valence-electron chi connectivity index (χ1n) is 9.18. The van der Waals surface area contributed by atoms with E-state index in [1.807, 2.05) is 6.92 Å². The van der Waals surface area contributed by atoms with Crippen LogP contribution in [-0.2, 0) is 22.7 Å². The molecule has 162 valence electrons. The molecule has 0 saturated heterocycles. The lowest BCUT2D eigenvalue weighted by molar-refractivity contribution is -0.137. The third-order valence-electron chi connectivity index (χ3n) is 4.42. The largest absolute Gasteiger partial charge is 0.416 e. The average Bonchev–Trinajstić information content (AvgIpc) is 2.72. The number of aryl methyl sites for hydroxylation is 1. The van der Waals surface area contributed by atoms with Crippen LogP contribution in [0.2, 0.25) is 0 Å². The molecule has 3 aromatic carbocycles.